The molecule has 86 valence electrons. The Kier molecular flexibility index (Phi) is 6.90. The third-order valence-corrected chi connectivity index (χ3v) is 1.60. The van der Waals surface area contributed by atoms with E-state index >= 15 is 0 Å². The van der Waals surface area contributed by atoms with Crippen molar-refractivity contribution in [1.29, 1.82) is 0 Å². The van der Waals surface area contributed by atoms with Gasteiger partial charge in [0, 0.05) is 19.8 Å². The Bertz CT molecular complexity index is 242. The van der Waals surface area contributed by atoms with Crippen molar-refractivity contribution < 1.29 is 14.4 Å². The van der Waals surface area contributed by atoms with E-state index in [1.54, 1.807) is 0 Å². The second kappa shape index (κ2) is 7.74. The van der Waals surface area contributed by atoms with Crippen LogP contribution in [0.1, 0.15) is 32.6 Å². The van der Waals surface area contributed by atoms with Gasteiger partial charge < -0.3 is 0 Å². The number of nitrogens with two attached hydrogens (primary N) is 1. The monoisotopic (exact) mass is 216 g/mol. The van der Waals surface area contributed by atoms with Crippen molar-refractivity contribution in [1.82, 2.24) is 16.3 Å². The lowest BCUT2D eigenvalue weighted by Crippen LogP contribution is -2.40. The van der Waals surface area contributed by atoms with Crippen molar-refractivity contribution in [2.75, 3.05) is 0 Å². The minimum Gasteiger partial charge on any atom is -0.294 e. The third-order valence-electron chi connectivity index (χ3n) is 1.60. The molecule has 0 atom stereocenters. The molecule has 3 amide bonds. The van der Waals surface area contributed by atoms with Crippen molar-refractivity contribution in [3.63, 3.8) is 0 Å². The zero-order chi connectivity index (χ0) is 11.7. The maximum absolute atomic E-state index is 11.0. The quantitative estimate of drug-likeness (QED) is 0.198. The fraction of sp³-hybridized carbons (Fsp3) is 0.625. The molecule has 0 aliphatic rings. The molecule has 0 aromatic rings. The van der Waals surface area contributed by atoms with Crippen LogP contribution in [-0.4, -0.2) is 17.7 Å². The lowest BCUT2D eigenvalue weighted by Gasteiger charge is -2.04. The van der Waals surface area contributed by atoms with Gasteiger partial charge in [-0.2, -0.15) is 0 Å². The van der Waals surface area contributed by atoms with Crippen LogP contribution in [0.15, 0.2) is 0 Å². The highest BCUT2D eigenvalue weighted by Gasteiger charge is 2.02. The van der Waals surface area contributed by atoms with E-state index in [1.165, 1.54) is 6.92 Å². The molecule has 0 aliphatic carbocycles. The van der Waals surface area contributed by atoms with Gasteiger partial charge in [0.1, 0.15) is 0 Å². The number of unbranched alkanes of at least 4 members (excludes halogenated alkanes) is 1. The molecule has 0 saturated carbocycles. The predicted octanol–water partition coefficient (Wildman–Crippen LogP) is -1.30. The van der Waals surface area contributed by atoms with Gasteiger partial charge in [0.2, 0.25) is 17.7 Å². The Morgan fingerprint density at radius 1 is 1.00 bits per heavy atom. The van der Waals surface area contributed by atoms with E-state index in [0.29, 0.717) is 19.3 Å². The van der Waals surface area contributed by atoms with Crippen LogP contribution < -0.4 is 22.1 Å². The summed E-state index contributed by atoms with van der Waals surface area (Å²) in [7, 11) is 0. The van der Waals surface area contributed by atoms with Crippen LogP contribution in [0.4, 0.5) is 0 Å². The highest BCUT2D eigenvalue weighted by Crippen LogP contribution is 1.98. The zero-order valence-corrected chi connectivity index (χ0v) is 8.63. The smallest absolute Gasteiger partial charge is 0.238 e. The molecule has 0 aliphatic heterocycles. The standard InChI is InChI=1S/C8H16N4O3/c1-6(13)11-12-8(15)5-3-2-4-7(14)10-9/h2-5,9H2,1H3,(H,10,14)(H,11,13)(H,12,15). The number of carbonyl (C=O) groups is 3. The summed E-state index contributed by atoms with van der Waals surface area (Å²) in [6, 6.07) is 0. The number of hydrogen-bond acceptors (Lipinski definition) is 4. The van der Waals surface area contributed by atoms with E-state index in [0.717, 1.165) is 0 Å². The second-order valence-corrected chi connectivity index (χ2v) is 3.00. The van der Waals surface area contributed by atoms with Gasteiger partial charge in [-0.05, 0) is 12.8 Å². The van der Waals surface area contributed by atoms with E-state index in [9.17, 15) is 14.4 Å². The molecule has 15 heavy (non-hydrogen) atoms. The van der Waals surface area contributed by atoms with Crippen LogP contribution in [0, 0.1) is 0 Å². The molecule has 0 aromatic heterocycles. The Balaban J connectivity index is 3.39. The summed E-state index contributed by atoms with van der Waals surface area (Å²) in [5.74, 6) is 4.01. The second-order valence-electron chi connectivity index (χ2n) is 3.00. The first-order valence-electron chi connectivity index (χ1n) is 4.61. The molecule has 0 unspecified atom stereocenters. The van der Waals surface area contributed by atoms with E-state index < -0.39 is 0 Å². The normalized spacial score (nSPS) is 9.20. The predicted molar refractivity (Wildman–Crippen MR) is 52.8 cm³/mol. The molecule has 7 heteroatoms. The SMILES string of the molecule is CC(=O)NNC(=O)CCCCC(=O)NN. The molecule has 0 heterocycles. The minimum atomic E-state index is -0.328. The molecule has 0 radical (unpaired) electrons. The number of amides is 3. The number of hydrogen-bond donors (Lipinski definition) is 4. The number of hydrazine groups is 2. The van der Waals surface area contributed by atoms with Crippen molar-refractivity contribution in [2.24, 2.45) is 5.84 Å². The number of rotatable bonds is 5. The first kappa shape index (κ1) is 13.4. The summed E-state index contributed by atoms with van der Waals surface area (Å²) in [5.41, 5.74) is 6.39. The van der Waals surface area contributed by atoms with E-state index in [4.69, 9.17) is 5.84 Å². The van der Waals surface area contributed by atoms with Gasteiger partial charge in [0.15, 0.2) is 0 Å². The summed E-state index contributed by atoms with van der Waals surface area (Å²) in [6.07, 6.45) is 1.71. The Morgan fingerprint density at radius 3 is 2.00 bits per heavy atom. The fourth-order valence-corrected chi connectivity index (χ4v) is 0.864. The van der Waals surface area contributed by atoms with Crippen molar-refractivity contribution >= 4 is 17.7 Å². The van der Waals surface area contributed by atoms with Crippen LogP contribution in [0.2, 0.25) is 0 Å². The lowest BCUT2D eigenvalue weighted by molar-refractivity contribution is -0.128. The molecular formula is C8H16N4O3. The van der Waals surface area contributed by atoms with E-state index in [1.807, 2.05) is 5.43 Å². The molecule has 0 saturated heterocycles. The van der Waals surface area contributed by atoms with Gasteiger partial charge in [0.25, 0.3) is 0 Å². The molecule has 0 spiro atoms. The summed E-state index contributed by atoms with van der Waals surface area (Å²) in [4.78, 5) is 32.1. The van der Waals surface area contributed by atoms with E-state index in [-0.39, 0.29) is 24.1 Å². The average molecular weight is 216 g/mol. The summed E-state index contributed by atoms with van der Waals surface area (Å²) < 4.78 is 0. The van der Waals surface area contributed by atoms with Gasteiger partial charge >= 0.3 is 0 Å². The average Bonchev–Trinajstić information content (AvgIpc) is 2.21. The van der Waals surface area contributed by atoms with Gasteiger partial charge in [-0.15, -0.1) is 0 Å². The molecule has 0 bridgehead atoms. The van der Waals surface area contributed by atoms with Crippen LogP contribution in [-0.2, 0) is 14.4 Å². The number of carbonyl (C=O) groups excluding carboxylic acids is 3. The zero-order valence-electron chi connectivity index (χ0n) is 8.63. The van der Waals surface area contributed by atoms with Gasteiger partial charge in [-0.25, -0.2) is 5.84 Å². The van der Waals surface area contributed by atoms with Gasteiger partial charge in [-0.1, -0.05) is 0 Å². The summed E-state index contributed by atoms with van der Waals surface area (Å²) in [6.45, 7) is 1.30. The largest absolute Gasteiger partial charge is 0.294 e. The molecule has 5 N–H and O–H groups in total. The van der Waals surface area contributed by atoms with Crippen molar-refractivity contribution in [3.8, 4) is 0 Å². The third kappa shape index (κ3) is 8.69. The maximum Gasteiger partial charge on any atom is 0.238 e. The molecule has 7 nitrogen and oxygen atoms in total. The molecule has 0 fully saturated rings. The lowest BCUT2D eigenvalue weighted by atomic mass is 10.2. The first-order chi connectivity index (χ1) is 7.06. The van der Waals surface area contributed by atoms with E-state index in [2.05, 4.69) is 10.9 Å². The van der Waals surface area contributed by atoms with Crippen LogP contribution in [0.3, 0.4) is 0 Å². The summed E-state index contributed by atoms with van der Waals surface area (Å²) in [5, 5.41) is 0. The Hall–Kier alpha value is -1.63. The highest BCUT2D eigenvalue weighted by atomic mass is 16.2. The maximum atomic E-state index is 11.0. The van der Waals surface area contributed by atoms with Gasteiger partial charge in [-0.3, -0.25) is 30.7 Å². The molecule has 0 aromatic carbocycles. The number of nitrogens with one attached hydrogen (secondary N) is 3. The topological polar surface area (TPSA) is 113 Å². The first-order valence-corrected chi connectivity index (χ1v) is 4.61. The van der Waals surface area contributed by atoms with Crippen molar-refractivity contribution in [3.05, 3.63) is 0 Å². The van der Waals surface area contributed by atoms with Crippen LogP contribution >= 0.6 is 0 Å². The van der Waals surface area contributed by atoms with Gasteiger partial charge in [0.05, 0.1) is 0 Å². The van der Waals surface area contributed by atoms with Crippen LogP contribution in [0.25, 0.3) is 0 Å². The summed E-state index contributed by atoms with van der Waals surface area (Å²) >= 11 is 0. The molecular weight excluding hydrogens is 200 g/mol. The van der Waals surface area contributed by atoms with Crippen LogP contribution in [0.5, 0.6) is 0 Å². The Morgan fingerprint density at radius 2 is 1.53 bits per heavy atom. The Labute approximate surface area is 87.7 Å². The minimum absolute atomic E-state index is 0.253. The fourth-order valence-electron chi connectivity index (χ4n) is 0.864. The molecule has 0 rings (SSSR count). The van der Waals surface area contributed by atoms with Crippen molar-refractivity contribution in [2.45, 2.75) is 32.6 Å². The highest BCUT2D eigenvalue weighted by molar-refractivity contribution is 5.80.